The van der Waals surface area contributed by atoms with Crippen LogP contribution in [0.15, 0.2) is 23.4 Å². The van der Waals surface area contributed by atoms with Gasteiger partial charge in [0.2, 0.25) is 5.91 Å². The Morgan fingerprint density at radius 2 is 2.19 bits per heavy atom. The molecule has 8 heteroatoms. The second kappa shape index (κ2) is 6.44. The molecule has 0 unspecified atom stereocenters. The van der Waals surface area contributed by atoms with Crippen LogP contribution in [-0.2, 0) is 11.8 Å². The zero-order chi connectivity index (χ0) is 15.6. The van der Waals surface area contributed by atoms with Crippen molar-refractivity contribution in [3.05, 3.63) is 34.9 Å². The van der Waals surface area contributed by atoms with Crippen molar-refractivity contribution in [1.29, 1.82) is 0 Å². The molecule has 2 rings (SSSR count). The van der Waals surface area contributed by atoms with E-state index in [9.17, 15) is 9.18 Å². The van der Waals surface area contributed by atoms with E-state index in [1.807, 2.05) is 14.0 Å². The number of aryl methyl sites for hydroxylation is 1. The third kappa shape index (κ3) is 3.74. The maximum absolute atomic E-state index is 13.6. The van der Waals surface area contributed by atoms with Crippen LogP contribution in [0.4, 0.5) is 10.1 Å². The first kappa shape index (κ1) is 15.8. The van der Waals surface area contributed by atoms with Crippen LogP contribution in [0.3, 0.4) is 0 Å². The summed E-state index contributed by atoms with van der Waals surface area (Å²) in [6.45, 7) is 3.54. The summed E-state index contributed by atoms with van der Waals surface area (Å²) in [6, 6.07) is 4.10. The van der Waals surface area contributed by atoms with Crippen molar-refractivity contribution >= 4 is 35.0 Å². The summed E-state index contributed by atoms with van der Waals surface area (Å²) in [4.78, 5) is 12.1. The van der Waals surface area contributed by atoms with E-state index in [-0.39, 0.29) is 16.6 Å². The summed E-state index contributed by atoms with van der Waals surface area (Å²) in [6.07, 6.45) is 0. The van der Waals surface area contributed by atoms with Gasteiger partial charge in [0, 0.05) is 12.1 Å². The number of nitrogens with zero attached hydrogens (tertiary/aromatic N) is 3. The van der Waals surface area contributed by atoms with Crippen molar-refractivity contribution in [1.82, 2.24) is 14.8 Å². The molecule has 21 heavy (non-hydrogen) atoms. The first-order valence-corrected chi connectivity index (χ1v) is 7.43. The normalized spacial score (nSPS) is 12.2. The van der Waals surface area contributed by atoms with Crippen LogP contribution in [0.1, 0.15) is 12.7 Å². The lowest BCUT2D eigenvalue weighted by molar-refractivity contribution is -0.115. The molecule has 0 saturated heterocycles. The van der Waals surface area contributed by atoms with E-state index in [2.05, 4.69) is 15.5 Å². The Morgan fingerprint density at radius 3 is 2.76 bits per heavy atom. The van der Waals surface area contributed by atoms with Crippen LogP contribution in [0, 0.1) is 12.7 Å². The third-order valence-electron chi connectivity index (χ3n) is 2.89. The highest BCUT2D eigenvalue weighted by Gasteiger charge is 2.19. The predicted molar refractivity (Wildman–Crippen MR) is 81.1 cm³/mol. The van der Waals surface area contributed by atoms with Crippen LogP contribution in [0.25, 0.3) is 0 Å². The number of nitrogens with one attached hydrogen (secondary N) is 1. The van der Waals surface area contributed by atoms with Crippen molar-refractivity contribution in [3.63, 3.8) is 0 Å². The summed E-state index contributed by atoms with van der Waals surface area (Å²) in [5.41, 5.74) is 0.103. The number of carbonyl (C=O) groups is 1. The molecule has 1 N–H and O–H groups in total. The van der Waals surface area contributed by atoms with E-state index in [4.69, 9.17) is 11.6 Å². The Labute approximate surface area is 130 Å². The lowest BCUT2D eigenvalue weighted by atomic mass is 10.3. The molecule has 1 amide bonds. The maximum atomic E-state index is 13.6. The Bertz CT molecular complexity index is 676. The van der Waals surface area contributed by atoms with E-state index >= 15 is 0 Å². The van der Waals surface area contributed by atoms with Crippen LogP contribution in [0.5, 0.6) is 0 Å². The van der Waals surface area contributed by atoms with Gasteiger partial charge in [0.1, 0.15) is 11.6 Å². The van der Waals surface area contributed by atoms with Crippen molar-refractivity contribution in [3.8, 4) is 0 Å². The molecule has 0 aliphatic heterocycles. The smallest absolute Gasteiger partial charge is 0.237 e. The van der Waals surface area contributed by atoms with E-state index in [0.717, 1.165) is 11.9 Å². The number of halogens is 2. The number of benzene rings is 1. The van der Waals surface area contributed by atoms with Crippen LogP contribution < -0.4 is 5.32 Å². The Hall–Kier alpha value is -1.60. The van der Waals surface area contributed by atoms with Crippen LogP contribution in [0.2, 0.25) is 5.02 Å². The first-order chi connectivity index (χ1) is 9.88. The minimum Gasteiger partial charge on any atom is -0.323 e. The van der Waals surface area contributed by atoms with Gasteiger partial charge in [-0.05, 0) is 32.0 Å². The number of carbonyl (C=O) groups excluding carboxylic acids is 1. The van der Waals surface area contributed by atoms with Crippen molar-refractivity contribution in [2.75, 3.05) is 5.32 Å². The van der Waals surface area contributed by atoms with Gasteiger partial charge < -0.3 is 9.88 Å². The van der Waals surface area contributed by atoms with E-state index in [0.29, 0.717) is 5.16 Å². The average molecular weight is 329 g/mol. The fourth-order valence-corrected chi connectivity index (χ4v) is 2.55. The summed E-state index contributed by atoms with van der Waals surface area (Å²) >= 11 is 6.92. The molecule has 0 spiro atoms. The minimum absolute atomic E-state index is 0.103. The number of rotatable bonds is 4. The predicted octanol–water partition coefficient (Wildman–Crippen LogP) is 3.04. The number of amides is 1. The van der Waals surface area contributed by atoms with Gasteiger partial charge in [0.25, 0.3) is 0 Å². The van der Waals surface area contributed by atoms with Crippen LogP contribution in [-0.4, -0.2) is 25.9 Å². The molecular formula is C13H14ClFN4OS. The molecule has 1 aromatic carbocycles. The molecule has 2 aromatic rings. The van der Waals surface area contributed by atoms with Gasteiger partial charge in [-0.15, -0.1) is 10.2 Å². The number of hydrogen-bond acceptors (Lipinski definition) is 4. The van der Waals surface area contributed by atoms with Gasteiger partial charge in [0.05, 0.1) is 10.9 Å². The molecule has 112 valence electrons. The van der Waals surface area contributed by atoms with Crippen molar-refractivity contribution in [2.45, 2.75) is 24.3 Å². The fraction of sp³-hybridized carbons (Fsp3) is 0.308. The summed E-state index contributed by atoms with van der Waals surface area (Å²) in [7, 11) is 1.82. The van der Waals surface area contributed by atoms with Crippen molar-refractivity contribution in [2.24, 2.45) is 7.05 Å². The molecule has 0 aliphatic rings. The molecule has 1 atom stereocenters. The monoisotopic (exact) mass is 328 g/mol. The summed E-state index contributed by atoms with van der Waals surface area (Å²) in [5.74, 6) is -0.127. The molecule has 1 heterocycles. The second-order valence-corrected chi connectivity index (χ2v) is 6.21. The van der Waals surface area contributed by atoms with E-state index in [1.165, 1.54) is 23.9 Å². The fourth-order valence-electron chi connectivity index (χ4n) is 1.53. The largest absolute Gasteiger partial charge is 0.323 e. The van der Waals surface area contributed by atoms with Crippen molar-refractivity contribution < 1.29 is 9.18 Å². The minimum atomic E-state index is -0.567. The highest BCUT2D eigenvalue weighted by molar-refractivity contribution is 8.00. The van der Waals surface area contributed by atoms with Gasteiger partial charge in [-0.25, -0.2) is 4.39 Å². The molecule has 0 bridgehead atoms. The number of aromatic nitrogens is 3. The highest BCUT2D eigenvalue weighted by atomic mass is 35.5. The number of anilines is 1. The first-order valence-electron chi connectivity index (χ1n) is 6.17. The lowest BCUT2D eigenvalue weighted by Gasteiger charge is -2.12. The molecule has 0 radical (unpaired) electrons. The highest BCUT2D eigenvalue weighted by Crippen LogP contribution is 2.24. The summed E-state index contributed by atoms with van der Waals surface area (Å²) < 4.78 is 15.4. The summed E-state index contributed by atoms with van der Waals surface area (Å²) in [5, 5.41) is 10.9. The van der Waals surface area contributed by atoms with Gasteiger partial charge in [-0.2, -0.15) is 0 Å². The lowest BCUT2D eigenvalue weighted by Crippen LogP contribution is -2.23. The molecular weight excluding hydrogens is 315 g/mol. The standard InChI is InChI=1S/C13H14ClFN4OS/c1-7(21-13-18-17-8(2)19(13)3)12(20)16-11-5-4-9(14)6-10(11)15/h4-7H,1-3H3,(H,16,20)/t7-/m1/s1. The molecule has 0 fully saturated rings. The van der Waals surface area contributed by atoms with Gasteiger partial charge >= 0.3 is 0 Å². The van der Waals surface area contributed by atoms with Gasteiger partial charge in [0.15, 0.2) is 5.16 Å². The average Bonchev–Trinajstić information content (AvgIpc) is 2.73. The molecule has 0 aliphatic carbocycles. The molecule has 1 aromatic heterocycles. The quantitative estimate of drug-likeness (QED) is 0.876. The van der Waals surface area contributed by atoms with E-state index < -0.39 is 11.1 Å². The zero-order valence-electron chi connectivity index (χ0n) is 11.7. The number of thioether (sulfide) groups is 1. The number of hydrogen-bond donors (Lipinski definition) is 1. The van der Waals surface area contributed by atoms with E-state index in [1.54, 1.807) is 11.5 Å². The van der Waals surface area contributed by atoms with Crippen LogP contribution >= 0.6 is 23.4 Å². The zero-order valence-corrected chi connectivity index (χ0v) is 13.3. The van der Waals surface area contributed by atoms with Gasteiger partial charge in [-0.3, -0.25) is 4.79 Å². The topological polar surface area (TPSA) is 59.8 Å². The Kier molecular flexibility index (Phi) is 4.84. The molecule has 0 saturated carbocycles. The second-order valence-electron chi connectivity index (χ2n) is 4.46. The third-order valence-corrected chi connectivity index (χ3v) is 4.26. The molecule has 5 nitrogen and oxygen atoms in total. The maximum Gasteiger partial charge on any atom is 0.237 e. The Balaban J connectivity index is 2.04. The Morgan fingerprint density at radius 1 is 1.48 bits per heavy atom. The SMILES string of the molecule is Cc1nnc(S[C@H](C)C(=O)Nc2ccc(Cl)cc2F)n1C. The van der Waals surface area contributed by atoms with Gasteiger partial charge in [-0.1, -0.05) is 23.4 Å².